The SMILES string of the molecule is Brc1ccc2c(c1)c1cc(-c3ccccc3-c3ccccc3)ccc1n2-c1ccc2c(c1)c1ccccc1n2-c1ccccc1. The summed E-state index contributed by atoms with van der Waals surface area (Å²) in [5.74, 6) is 0. The van der Waals surface area contributed by atoms with E-state index in [0.717, 1.165) is 10.2 Å². The molecule has 0 atom stereocenters. The molecule has 212 valence electrons. The quantitative estimate of drug-likeness (QED) is 0.181. The molecule has 3 heteroatoms. The van der Waals surface area contributed by atoms with E-state index in [-0.39, 0.29) is 0 Å². The lowest BCUT2D eigenvalue weighted by Gasteiger charge is -2.12. The second kappa shape index (κ2) is 10.4. The number of aromatic nitrogens is 2. The maximum atomic E-state index is 3.76. The van der Waals surface area contributed by atoms with Crippen molar-refractivity contribution in [2.45, 2.75) is 0 Å². The van der Waals surface area contributed by atoms with Crippen molar-refractivity contribution in [2.24, 2.45) is 0 Å². The third-order valence-corrected chi connectivity index (χ3v) is 9.47. The molecule has 2 nitrogen and oxygen atoms in total. The summed E-state index contributed by atoms with van der Waals surface area (Å²) in [6, 6.07) is 59.2. The average Bonchev–Trinajstić information content (AvgIpc) is 3.60. The molecule has 0 fully saturated rings. The van der Waals surface area contributed by atoms with Gasteiger partial charge in [-0.15, -0.1) is 0 Å². The fraction of sp³-hybridized carbons (Fsp3) is 0. The van der Waals surface area contributed by atoms with Crippen LogP contribution in [0.3, 0.4) is 0 Å². The van der Waals surface area contributed by atoms with E-state index in [2.05, 4.69) is 189 Å². The Labute approximate surface area is 269 Å². The van der Waals surface area contributed by atoms with E-state index in [4.69, 9.17) is 0 Å². The van der Waals surface area contributed by atoms with Gasteiger partial charge in [0.1, 0.15) is 0 Å². The molecule has 0 aliphatic carbocycles. The van der Waals surface area contributed by atoms with Crippen LogP contribution in [0.25, 0.3) is 77.2 Å². The number of fused-ring (bicyclic) bond motifs is 6. The zero-order valence-electron chi connectivity index (χ0n) is 24.4. The van der Waals surface area contributed by atoms with Gasteiger partial charge in [0.05, 0.1) is 22.1 Å². The first-order valence-corrected chi connectivity index (χ1v) is 16.0. The van der Waals surface area contributed by atoms with Gasteiger partial charge in [0.25, 0.3) is 0 Å². The molecule has 9 aromatic rings. The predicted molar refractivity (Wildman–Crippen MR) is 194 cm³/mol. The molecule has 45 heavy (non-hydrogen) atoms. The van der Waals surface area contributed by atoms with Crippen LogP contribution in [-0.4, -0.2) is 9.13 Å². The Balaban J connectivity index is 1.29. The number of hydrogen-bond donors (Lipinski definition) is 0. The third kappa shape index (κ3) is 4.16. The fourth-order valence-electron chi connectivity index (χ4n) is 7.00. The Bertz CT molecular complexity index is 2540. The molecular formula is C42H27BrN2. The predicted octanol–water partition coefficient (Wildman–Crippen LogP) is 12.0. The maximum absolute atomic E-state index is 3.76. The monoisotopic (exact) mass is 638 g/mol. The van der Waals surface area contributed by atoms with E-state index < -0.39 is 0 Å². The van der Waals surface area contributed by atoms with Gasteiger partial charge in [-0.25, -0.2) is 0 Å². The first kappa shape index (κ1) is 26.1. The Kier molecular flexibility index (Phi) is 6.00. The van der Waals surface area contributed by atoms with E-state index in [0.29, 0.717) is 0 Å². The van der Waals surface area contributed by atoms with Crippen molar-refractivity contribution in [1.82, 2.24) is 9.13 Å². The van der Waals surface area contributed by atoms with Crippen LogP contribution in [0.5, 0.6) is 0 Å². The van der Waals surface area contributed by atoms with Gasteiger partial charge in [-0.2, -0.15) is 0 Å². The number of halogens is 1. The van der Waals surface area contributed by atoms with Gasteiger partial charge in [0, 0.05) is 37.4 Å². The zero-order chi connectivity index (χ0) is 29.9. The third-order valence-electron chi connectivity index (χ3n) is 8.98. The van der Waals surface area contributed by atoms with Crippen molar-refractivity contribution < 1.29 is 0 Å². The summed E-state index contributed by atoms with van der Waals surface area (Å²) in [5.41, 5.74) is 12.0. The van der Waals surface area contributed by atoms with E-state index in [1.807, 2.05) is 0 Å². The highest BCUT2D eigenvalue weighted by atomic mass is 79.9. The molecule has 2 aromatic heterocycles. The van der Waals surface area contributed by atoms with E-state index in [1.54, 1.807) is 0 Å². The molecule has 0 aliphatic heterocycles. The second-order valence-corrected chi connectivity index (χ2v) is 12.4. The molecular weight excluding hydrogens is 612 g/mol. The van der Waals surface area contributed by atoms with Crippen molar-refractivity contribution in [3.8, 4) is 33.6 Å². The van der Waals surface area contributed by atoms with E-state index in [1.165, 1.54) is 71.6 Å². The molecule has 0 spiro atoms. The molecule has 0 saturated heterocycles. The van der Waals surface area contributed by atoms with Crippen LogP contribution in [0, 0.1) is 0 Å². The highest BCUT2D eigenvalue weighted by Gasteiger charge is 2.18. The van der Waals surface area contributed by atoms with Gasteiger partial charge in [0.15, 0.2) is 0 Å². The molecule has 0 unspecified atom stereocenters. The molecule has 7 aromatic carbocycles. The lowest BCUT2D eigenvalue weighted by Crippen LogP contribution is -1.95. The van der Waals surface area contributed by atoms with Crippen LogP contribution in [0.2, 0.25) is 0 Å². The smallest absolute Gasteiger partial charge is 0.0542 e. The Morgan fingerprint density at radius 1 is 0.333 bits per heavy atom. The summed E-state index contributed by atoms with van der Waals surface area (Å²) in [5, 5.41) is 4.96. The molecule has 0 radical (unpaired) electrons. The largest absolute Gasteiger partial charge is 0.309 e. The number of para-hydroxylation sites is 2. The summed E-state index contributed by atoms with van der Waals surface area (Å²) in [4.78, 5) is 0. The highest BCUT2D eigenvalue weighted by molar-refractivity contribution is 9.10. The van der Waals surface area contributed by atoms with Crippen molar-refractivity contribution in [1.29, 1.82) is 0 Å². The summed E-state index contributed by atoms with van der Waals surface area (Å²) in [6.45, 7) is 0. The first-order valence-electron chi connectivity index (χ1n) is 15.2. The normalized spacial score (nSPS) is 11.7. The first-order chi connectivity index (χ1) is 22.2. The van der Waals surface area contributed by atoms with Gasteiger partial charge in [-0.1, -0.05) is 113 Å². The van der Waals surface area contributed by atoms with Crippen LogP contribution in [-0.2, 0) is 0 Å². The molecule has 0 aliphatic rings. The second-order valence-electron chi connectivity index (χ2n) is 11.5. The molecule has 0 N–H and O–H groups in total. The van der Waals surface area contributed by atoms with Crippen molar-refractivity contribution in [3.05, 3.63) is 168 Å². The van der Waals surface area contributed by atoms with Crippen molar-refractivity contribution in [2.75, 3.05) is 0 Å². The van der Waals surface area contributed by atoms with Gasteiger partial charge < -0.3 is 9.13 Å². The standard InChI is InChI=1S/C42H27BrN2/c43-30-20-23-41-37(26-30)36-25-29(34-16-8-7-15-33(34)28-11-3-1-4-12-28)19-22-40(36)45(41)32-21-24-42-38(27-32)35-17-9-10-18-39(35)44(42)31-13-5-2-6-14-31/h1-27H. The van der Waals surface area contributed by atoms with Crippen LogP contribution >= 0.6 is 15.9 Å². The Hall–Kier alpha value is -5.38. The molecule has 0 saturated carbocycles. The minimum atomic E-state index is 1.07. The van der Waals surface area contributed by atoms with Gasteiger partial charge in [0.2, 0.25) is 0 Å². The summed E-state index contributed by atoms with van der Waals surface area (Å²) >= 11 is 3.76. The Morgan fingerprint density at radius 2 is 0.867 bits per heavy atom. The van der Waals surface area contributed by atoms with E-state index in [9.17, 15) is 0 Å². The average molecular weight is 640 g/mol. The minimum Gasteiger partial charge on any atom is -0.309 e. The van der Waals surface area contributed by atoms with Crippen LogP contribution in [0.4, 0.5) is 0 Å². The lowest BCUT2D eigenvalue weighted by atomic mass is 9.94. The van der Waals surface area contributed by atoms with Gasteiger partial charge in [-0.05, 0) is 89.0 Å². The lowest BCUT2D eigenvalue weighted by molar-refractivity contribution is 1.16. The summed E-state index contributed by atoms with van der Waals surface area (Å²) < 4.78 is 5.86. The van der Waals surface area contributed by atoms with Crippen LogP contribution in [0.1, 0.15) is 0 Å². The maximum Gasteiger partial charge on any atom is 0.0542 e. The van der Waals surface area contributed by atoms with E-state index >= 15 is 0 Å². The van der Waals surface area contributed by atoms with Crippen molar-refractivity contribution >= 4 is 59.5 Å². The number of hydrogen-bond acceptors (Lipinski definition) is 0. The molecule has 0 amide bonds. The van der Waals surface area contributed by atoms with Gasteiger partial charge in [-0.3, -0.25) is 0 Å². The Morgan fingerprint density at radius 3 is 1.64 bits per heavy atom. The highest BCUT2D eigenvalue weighted by Crippen LogP contribution is 2.40. The van der Waals surface area contributed by atoms with Crippen molar-refractivity contribution in [3.63, 3.8) is 0 Å². The number of rotatable bonds is 4. The molecule has 9 rings (SSSR count). The topological polar surface area (TPSA) is 9.86 Å². The number of nitrogens with zero attached hydrogens (tertiary/aromatic N) is 2. The summed E-state index contributed by atoms with van der Waals surface area (Å²) in [6.07, 6.45) is 0. The number of benzene rings is 7. The molecule has 0 bridgehead atoms. The van der Waals surface area contributed by atoms with Gasteiger partial charge >= 0.3 is 0 Å². The van der Waals surface area contributed by atoms with Crippen LogP contribution in [0.15, 0.2) is 168 Å². The minimum absolute atomic E-state index is 1.07. The van der Waals surface area contributed by atoms with Crippen LogP contribution < -0.4 is 0 Å². The fourth-order valence-corrected chi connectivity index (χ4v) is 7.36. The summed E-state index contributed by atoms with van der Waals surface area (Å²) in [7, 11) is 0. The zero-order valence-corrected chi connectivity index (χ0v) is 25.9. The molecule has 2 heterocycles.